The van der Waals surface area contributed by atoms with Gasteiger partial charge in [0.2, 0.25) is 0 Å². The van der Waals surface area contributed by atoms with Crippen LogP contribution in [0.1, 0.15) is 32.3 Å². The van der Waals surface area contributed by atoms with Crippen molar-refractivity contribution in [2.24, 2.45) is 0 Å². The summed E-state index contributed by atoms with van der Waals surface area (Å²) in [6.45, 7) is 4.51. The zero-order chi connectivity index (χ0) is 13.5. The molecule has 1 aromatic rings. The first-order valence-electron chi connectivity index (χ1n) is 6.15. The van der Waals surface area contributed by atoms with E-state index >= 15 is 0 Å². The highest BCUT2D eigenvalue weighted by Crippen LogP contribution is 2.28. The molecular weight excluding hydrogens is 232 g/mol. The zero-order valence-electron chi connectivity index (χ0n) is 11.1. The fourth-order valence-corrected chi connectivity index (χ4v) is 1.87. The van der Waals surface area contributed by atoms with Gasteiger partial charge in [-0.15, -0.1) is 0 Å². The molecule has 1 atom stereocenters. The molecule has 0 aliphatic carbocycles. The Balaban J connectivity index is 2.82. The summed E-state index contributed by atoms with van der Waals surface area (Å²) >= 11 is 0. The van der Waals surface area contributed by atoms with E-state index in [9.17, 15) is 10.1 Å². The molecule has 0 bridgehead atoms. The lowest BCUT2D eigenvalue weighted by atomic mass is 10.1. The fraction of sp³-hybridized carbons (Fsp3) is 0.538. The van der Waals surface area contributed by atoms with E-state index in [1.54, 1.807) is 13.1 Å². The van der Waals surface area contributed by atoms with Crippen molar-refractivity contribution in [3.05, 3.63) is 33.9 Å². The molecule has 0 saturated heterocycles. The molecule has 18 heavy (non-hydrogen) atoms. The lowest BCUT2D eigenvalue weighted by Crippen LogP contribution is -2.09. The minimum Gasteiger partial charge on any atom is -0.382 e. The number of nitro benzene ring substituents is 1. The zero-order valence-corrected chi connectivity index (χ0v) is 11.1. The second kappa shape index (κ2) is 6.96. The standard InChI is InChI=1S/C13H20N2O3/c1-4-6-10(2)18-9-11-7-5-8-12(15(16)17)13(11)14-3/h5,7-8,10,14H,4,6,9H2,1-3H3. The third kappa shape index (κ3) is 3.70. The first-order chi connectivity index (χ1) is 8.60. The molecule has 1 rings (SSSR count). The Morgan fingerprint density at radius 2 is 2.22 bits per heavy atom. The second-order valence-corrected chi connectivity index (χ2v) is 4.23. The normalized spacial score (nSPS) is 12.2. The number of benzene rings is 1. The number of nitrogens with zero attached hydrogens (tertiary/aromatic N) is 1. The summed E-state index contributed by atoms with van der Waals surface area (Å²) in [5.74, 6) is 0. The van der Waals surface area contributed by atoms with E-state index in [0.29, 0.717) is 12.3 Å². The molecular formula is C13H20N2O3. The average Bonchev–Trinajstić information content (AvgIpc) is 2.36. The molecule has 0 fully saturated rings. The number of hydrogen-bond donors (Lipinski definition) is 1. The lowest BCUT2D eigenvalue weighted by Gasteiger charge is -2.14. The van der Waals surface area contributed by atoms with Crippen LogP contribution in [0.2, 0.25) is 0 Å². The number of ether oxygens (including phenoxy) is 1. The topological polar surface area (TPSA) is 64.4 Å². The first kappa shape index (κ1) is 14.4. The van der Waals surface area contributed by atoms with Crippen LogP contribution in [0.4, 0.5) is 11.4 Å². The molecule has 0 amide bonds. The molecule has 0 aromatic heterocycles. The van der Waals surface area contributed by atoms with Gasteiger partial charge >= 0.3 is 0 Å². The SMILES string of the molecule is CCCC(C)OCc1cccc([N+](=O)[O-])c1NC. The van der Waals surface area contributed by atoms with E-state index in [1.165, 1.54) is 6.07 Å². The molecule has 0 aliphatic rings. The van der Waals surface area contributed by atoms with Crippen molar-refractivity contribution < 1.29 is 9.66 Å². The average molecular weight is 252 g/mol. The van der Waals surface area contributed by atoms with Gasteiger partial charge in [-0.2, -0.15) is 0 Å². The Morgan fingerprint density at radius 3 is 2.78 bits per heavy atom. The van der Waals surface area contributed by atoms with Crippen LogP contribution in [0.5, 0.6) is 0 Å². The van der Waals surface area contributed by atoms with Gasteiger partial charge in [0.15, 0.2) is 0 Å². The van der Waals surface area contributed by atoms with Gasteiger partial charge in [-0.1, -0.05) is 25.5 Å². The maximum atomic E-state index is 10.9. The maximum absolute atomic E-state index is 10.9. The predicted molar refractivity (Wildman–Crippen MR) is 71.8 cm³/mol. The van der Waals surface area contributed by atoms with Crippen molar-refractivity contribution >= 4 is 11.4 Å². The monoisotopic (exact) mass is 252 g/mol. The Bertz CT molecular complexity index is 407. The summed E-state index contributed by atoms with van der Waals surface area (Å²) in [7, 11) is 1.68. The predicted octanol–water partition coefficient (Wildman–Crippen LogP) is 3.34. The smallest absolute Gasteiger partial charge is 0.292 e. The van der Waals surface area contributed by atoms with E-state index < -0.39 is 0 Å². The minimum absolute atomic E-state index is 0.0849. The number of para-hydroxylation sites is 1. The van der Waals surface area contributed by atoms with Crippen LogP contribution in [0.3, 0.4) is 0 Å². The highest BCUT2D eigenvalue weighted by molar-refractivity contribution is 5.65. The fourth-order valence-electron chi connectivity index (χ4n) is 1.87. The third-order valence-electron chi connectivity index (χ3n) is 2.79. The Labute approximate surface area is 107 Å². The summed E-state index contributed by atoms with van der Waals surface area (Å²) in [4.78, 5) is 10.5. The molecule has 5 heteroatoms. The van der Waals surface area contributed by atoms with Gasteiger partial charge in [-0.3, -0.25) is 10.1 Å². The van der Waals surface area contributed by atoms with Crippen LogP contribution in [0.25, 0.3) is 0 Å². The molecule has 1 N–H and O–H groups in total. The molecule has 0 spiro atoms. The summed E-state index contributed by atoms with van der Waals surface area (Å²) in [5.41, 5.74) is 1.43. The largest absolute Gasteiger partial charge is 0.382 e. The van der Waals surface area contributed by atoms with E-state index in [2.05, 4.69) is 12.2 Å². The Hall–Kier alpha value is -1.62. The van der Waals surface area contributed by atoms with Gasteiger partial charge in [0, 0.05) is 18.7 Å². The van der Waals surface area contributed by atoms with E-state index in [4.69, 9.17) is 4.74 Å². The number of hydrogen-bond acceptors (Lipinski definition) is 4. The third-order valence-corrected chi connectivity index (χ3v) is 2.79. The molecule has 0 saturated carbocycles. The number of nitro groups is 1. The molecule has 0 aliphatic heterocycles. The van der Waals surface area contributed by atoms with Crippen LogP contribution < -0.4 is 5.32 Å². The van der Waals surface area contributed by atoms with E-state index in [-0.39, 0.29) is 16.7 Å². The van der Waals surface area contributed by atoms with E-state index in [1.807, 2.05) is 13.0 Å². The highest BCUT2D eigenvalue weighted by atomic mass is 16.6. The summed E-state index contributed by atoms with van der Waals surface area (Å²) in [5, 5.41) is 13.8. The quantitative estimate of drug-likeness (QED) is 0.597. The van der Waals surface area contributed by atoms with Gasteiger partial charge in [0.1, 0.15) is 5.69 Å². The summed E-state index contributed by atoms with van der Waals surface area (Å²) in [6, 6.07) is 5.02. The molecule has 1 aromatic carbocycles. The van der Waals surface area contributed by atoms with Crippen LogP contribution in [-0.2, 0) is 11.3 Å². The van der Waals surface area contributed by atoms with Crippen molar-refractivity contribution in [1.29, 1.82) is 0 Å². The van der Waals surface area contributed by atoms with Crippen molar-refractivity contribution in [3.8, 4) is 0 Å². The van der Waals surface area contributed by atoms with Crippen molar-refractivity contribution in [2.45, 2.75) is 39.4 Å². The number of rotatable bonds is 7. The highest BCUT2D eigenvalue weighted by Gasteiger charge is 2.16. The van der Waals surface area contributed by atoms with Crippen LogP contribution >= 0.6 is 0 Å². The molecule has 0 radical (unpaired) electrons. The number of anilines is 1. The molecule has 100 valence electrons. The molecule has 1 unspecified atom stereocenters. The van der Waals surface area contributed by atoms with Crippen LogP contribution in [-0.4, -0.2) is 18.1 Å². The summed E-state index contributed by atoms with van der Waals surface area (Å²) < 4.78 is 5.68. The van der Waals surface area contributed by atoms with Gasteiger partial charge in [-0.25, -0.2) is 0 Å². The second-order valence-electron chi connectivity index (χ2n) is 4.23. The molecule has 0 heterocycles. The van der Waals surface area contributed by atoms with Crippen LogP contribution in [0, 0.1) is 10.1 Å². The van der Waals surface area contributed by atoms with Crippen molar-refractivity contribution in [3.63, 3.8) is 0 Å². The molecule has 5 nitrogen and oxygen atoms in total. The minimum atomic E-state index is -0.384. The number of nitrogens with one attached hydrogen (secondary N) is 1. The van der Waals surface area contributed by atoms with Gasteiger partial charge < -0.3 is 10.1 Å². The van der Waals surface area contributed by atoms with Crippen molar-refractivity contribution in [1.82, 2.24) is 0 Å². The Kier molecular flexibility index (Phi) is 5.58. The van der Waals surface area contributed by atoms with Crippen molar-refractivity contribution in [2.75, 3.05) is 12.4 Å². The van der Waals surface area contributed by atoms with Crippen LogP contribution in [0.15, 0.2) is 18.2 Å². The maximum Gasteiger partial charge on any atom is 0.292 e. The first-order valence-corrected chi connectivity index (χ1v) is 6.15. The Morgan fingerprint density at radius 1 is 1.50 bits per heavy atom. The van der Waals surface area contributed by atoms with E-state index in [0.717, 1.165) is 18.4 Å². The summed E-state index contributed by atoms with van der Waals surface area (Å²) in [6.07, 6.45) is 2.22. The lowest BCUT2D eigenvalue weighted by molar-refractivity contribution is -0.384. The van der Waals surface area contributed by atoms with Gasteiger partial charge in [0.25, 0.3) is 5.69 Å². The van der Waals surface area contributed by atoms with Gasteiger partial charge in [-0.05, 0) is 13.3 Å². The van der Waals surface area contributed by atoms with Gasteiger partial charge in [0.05, 0.1) is 17.6 Å².